The van der Waals surface area contributed by atoms with Crippen LogP contribution in [0.4, 0.5) is 0 Å². The number of hydrogen-bond acceptors (Lipinski definition) is 4. The smallest absolute Gasteiger partial charge is 0.303 e. The summed E-state index contributed by atoms with van der Waals surface area (Å²) in [6.07, 6.45) is 5.50. The molecule has 0 unspecified atom stereocenters. The maximum atomic E-state index is 10.5. The molecule has 0 radical (unpaired) electrons. The third-order valence-electron chi connectivity index (χ3n) is 2.77. The van der Waals surface area contributed by atoms with E-state index >= 15 is 0 Å². The number of carboxylic acid groups (broad SMARTS) is 1. The molecule has 3 aromatic rings. The van der Waals surface area contributed by atoms with E-state index in [-0.39, 0.29) is 6.42 Å². The van der Waals surface area contributed by atoms with Gasteiger partial charge in [0.15, 0.2) is 5.76 Å². The van der Waals surface area contributed by atoms with E-state index in [0.717, 1.165) is 11.3 Å². The van der Waals surface area contributed by atoms with Crippen LogP contribution in [0.3, 0.4) is 0 Å². The van der Waals surface area contributed by atoms with Crippen LogP contribution in [-0.2, 0) is 11.2 Å². The number of nitrogens with zero attached hydrogens (tertiary/aromatic N) is 3. The number of carbonyl (C=O) groups is 1. The number of aromatic nitrogens is 3. The number of rotatable bonds is 4. The van der Waals surface area contributed by atoms with Gasteiger partial charge in [-0.05, 0) is 12.1 Å². The number of hydrogen-bond donors (Lipinski definition) is 1. The lowest BCUT2D eigenvalue weighted by atomic mass is 10.2. The topological polar surface area (TPSA) is 80.6 Å². The highest BCUT2D eigenvalue weighted by atomic mass is 16.4. The van der Waals surface area contributed by atoms with E-state index in [0.29, 0.717) is 17.9 Å². The van der Waals surface area contributed by atoms with E-state index in [4.69, 9.17) is 9.52 Å². The van der Waals surface area contributed by atoms with Gasteiger partial charge in [-0.3, -0.25) is 9.20 Å². The van der Waals surface area contributed by atoms with Gasteiger partial charge in [-0.1, -0.05) is 0 Å². The summed E-state index contributed by atoms with van der Waals surface area (Å²) in [7, 11) is 0. The first-order valence-electron chi connectivity index (χ1n) is 5.82. The highest BCUT2D eigenvalue weighted by molar-refractivity contribution is 5.67. The zero-order valence-electron chi connectivity index (χ0n) is 9.98. The Morgan fingerprint density at radius 2 is 2.37 bits per heavy atom. The summed E-state index contributed by atoms with van der Waals surface area (Å²) < 4.78 is 7.04. The van der Waals surface area contributed by atoms with Crippen LogP contribution >= 0.6 is 0 Å². The van der Waals surface area contributed by atoms with Crippen molar-refractivity contribution in [2.24, 2.45) is 0 Å². The molecule has 3 aromatic heterocycles. The first-order valence-corrected chi connectivity index (χ1v) is 5.82. The van der Waals surface area contributed by atoms with Gasteiger partial charge in [0.1, 0.15) is 17.7 Å². The van der Waals surface area contributed by atoms with Crippen molar-refractivity contribution in [2.45, 2.75) is 12.8 Å². The van der Waals surface area contributed by atoms with Gasteiger partial charge in [0.05, 0.1) is 18.4 Å². The fraction of sp³-hybridized carbons (Fsp3) is 0.154. The number of carboxylic acids is 1. The summed E-state index contributed by atoms with van der Waals surface area (Å²) in [4.78, 5) is 19.2. The van der Waals surface area contributed by atoms with Crippen molar-refractivity contribution in [1.82, 2.24) is 14.4 Å². The van der Waals surface area contributed by atoms with Crippen molar-refractivity contribution in [3.05, 3.63) is 42.7 Å². The van der Waals surface area contributed by atoms with Crippen LogP contribution in [-0.4, -0.2) is 25.4 Å². The minimum atomic E-state index is -0.827. The number of imidazole rings is 1. The van der Waals surface area contributed by atoms with Crippen molar-refractivity contribution < 1.29 is 14.3 Å². The molecule has 0 atom stereocenters. The minimum Gasteiger partial charge on any atom is -0.481 e. The molecule has 0 aliphatic carbocycles. The lowest BCUT2D eigenvalue weighted by Gasteiger charge is -1.96. The number of furan rings is 1. The Kier molecular flexibility index (Phi) is 2.75. The molecule has 3 rings (SSSR count). The molecule has 0 saturated heterocycles. The molecule has 0 saturated carbocycles. The molecule has 0 aromatic carbocycles. The van der Waals surface area contributed by atoms with Gasteiger partial charge in [0.2, 0.25) is 0 Å². The van der Waals surface area contributed by atoms with Crippen molar-refractivity contribution >= 4 is 11.6 Å². The maximum absolute atomic E-state index is 10.5. The molecule has 96 valence electrons. The molecule has 6 nitrogen and oxygen atoms in total. The van der Waals surface area contributed by atoms with Crippen LogP contribution in [0, 0.1) is 0 Å². The van der Waals surface area contributed by atoms with E-state index < -0.39 is 5.97 Å². The van der Waals surface area contributed by atoms with Crippen molar-refractivity contribution in [2.75, 3.05) is 0 Å². The third-order valence-corrected chi connectivity index (χ3v) is 2.77. The van der Waals surface area contributed by atoms with Gasteiger partial charge in [-0.2, -0.15) is 0 Å². The van der Waals surface area contributed by atoms with Crippen LogP contribution in [0.15, 0.2) is 41.4 Å². The van der Waals surface area contributed by atoms with Gasteiger partial charge >= 0.3 is 5.97 Å². The first kappa shape index (κ1) is 11.5. The molecule has 3 heterocycles. The second-order valence-electron chi connectivity index (χ2n) is 4.14. The average molecular weight is 257 g/mol. The van der Waals surface area contributed by atoms with E-state index in [1.165, 1.54) is 0 Å². The Bertz CT molecular complexity index is 716. The standard InChI is InChI=1S/C13H11N3O3/c17-13(18)4-3-9-7-16-8-14-10(6-12(16)15-9)11-2-1-5-19-11/h1-2,5-8H,3-4H2,(H,17,18). The maximum Gasteiger partial charge on any atom is 0.303 e. The number of aryl methyl sites for hydroxylation is 1. The average Bonchev–Trinajstić information content (AvgIpc) is 3.04. The molecule has 0 aliphatic rings. The van der Waals surface area contributed by atoms with Gasteiger partial charge in [-0.25, -0.2) is 9.97 Å². The largest absolute Gasteiger partial charge is 0.481 e. The quantitative estimate of drug-likeness (QED) is 0.773. The Balaban J connectivity index is 1.93. The van der Waals surface area contributed by atoms with Gasteiger partial charge in [0.25, 0.3) is 0 Å². The summed E-state index contributed by atoms with van der Waals surface area (Å²) in [6.45, 7) is 0. The summed E-state index contributed by atoms with van der Waals surface area (Å²) >= 11 is 0. The van der Waals surface area contributed by atoms with Crippen molar-refractivity contribution in [3.8, 4) is 11.5 Å². The van der Waals surface area contributed by atoms with E-state index in [2.05, 4.69) is 9.97 Å². The van der Waals surface area contributed by atoms with Gasteiger partial charge in [-0.15, -0.1) is 0 Å². The molecular weight excluding hydrogens is 246 g/mol. The highest BCUT2D eigenvalue weighted by Gasteiger charge is 2.08. The second kappa shape index (κ2) is 4.56. The second-order valence-corrected chi connectivity index (χ2v) is 4.14. The summed E-state index contributed by atoms with van der Waals surface area (Å²) in [5, 5.41) is 8.66. The molecule has 0 bridgehead atoms. The lowest BCUT2D eigenvalue weighted by Crippen LogP contribution is -1.97. The van der Waals surface area contributed by atoms with Crippen LogP contribution in [0.25, 0.3) is 17.1 Å². The van der Waals surface area contributed by atoms with Crippen LogP contribution in [0.1, 0.15) is 12.1 Å². The minimum absolute atomic E-state index is 0.0718. The number of aliphatic carboxylic acids is 1. The zero-order valence-corrected chi connectivity index (χ0v) is 9.98. The Hall–Kier alpha value is -2.63. The van der Waals surface area contributed by atoms with Gasteiger partial charge < -0.3 is 9.52 Å². The van der Waals surface area contributed by atoms with Crippen molar-refractivity contribution in [1.29, 1.82) is 0 Å². The SMILES string of the molecule is O=C(O)CCc1cn2cnc(-c3ccco3)cc2n1. The monoisotopic (exact) mass is 257 g/mol. The zero-order chi connectivity index (χ0) is 13.2. The highest BCUT2D eigenvalue weighted by Crippen LogP contribution is 2.18. The summed E-state index contributed by atoms with van der Waals surface area (Å²) in [5.74, 6) is -0.149. The lowest BCUT2D eigenvalue weighted by molar-refractivity contribution is -0.136. The van der Waals surface area contributed by atoms with E-state index in [1.54, 1.807) is 29.3 Å². The van der Waals surface area contributed by atoms with Gasteiger partial charge in [0, 0.05) is 18.7 Å². The molecule has 0 fully saturated rings. The molecule has 19 heavy (non-hydrogen) atoms. The Morgan fingerprint density at radius 3 is 3.11 bits per heavy atom. The predicted molar refractivity (Wildman–Crippen MR) is 66.6 cm³/mol. The molecular formula is C13H11N3O3. The third kappa shape index (κ3) is 2.33. The fourth-order valence-corrected chi connectivity index (χ4v) is 1.86. The Labute approximate surface area is 108 Å². The first-order chi connectivity index (χ1) is 9.22. The molecule has 6 heteroatoms. The molecule has 0 amide bonds. The van der Waals surface area contributed by atoms with Crippen LogP contribution < -0.4 is 0 Å². The predicted octanol–water partition coefficient (Wildman–Crippen LogP) is 2.01. The number of fused-ring (bicyclic) bond motifs is 1. The van der Waals surface area contributed by atoms with Crippen LogP contribution in [0.5, 0.6) is 0 Å². The fourth-order valence-electron chi connectivity index (χ4n) is 1.86. The van der Waals surface area contributed by atoms with Crippen molar-refractivity contribution in [3.63, 3.8) is 0 Å². The summed E-state index contributed by atoms with van der Waals surface area (Å²) in [6, 6.07) is 5.43. The molecule has 1 N–H and O–H groups in total. The van der Waals surface area contributed by atoms with E-state index in [9.17, 15) is 4.79 Å². The molecule has 0 aliphatic heterocycles. The molecule has 0 spiro atoms. The van der Waals surface area contributed by atoms with Crippen LogP contribution in [0.2, 0.25) is 0 Å². The normalized spacial score (nSPS) is 10.9. The summed E-state index contributed by atoms with van der Waals surface area (Å²) in [5.41, 5.74) is 2.16. The Morgan fingerprint density at radius 1 is 1.47 bits per heavy atom. The van der Waals surface area contributed by atoms with E-state index in [1.807, 2.05) is 12.1 Å².